The predicted molar refractivity (Wildman–Crippen MR) is 101 cm³/mol. The molecule has 0 bridgehead atoms. The Kier molecular flexibility index (Phi) is 5.79. The Morgan fingerprint density at radius 3 is 2.21 bits per heavy atom. The summed E-state index contributed by atoms with van der Waals surface area (Å²) in [6, 6.07) is 14.0. The van der Waals surface area contributed by atoms with E-state index in [2.05, 4.69) is 5.32 Å². The molecule has 1 N–H and O–H groups in total. The summed E-state index contributed by atoms with van der Waals surface area (Å²) in [6.45, 7) is -0.506. The molecule has 0 aliphatic carbocycles. The SMILES string of the molecule is O=C(COC(=O)c1ccc(NC(=O)c2ccco2)cc1)c1ccc([N+](=O)[O-])cc1. The highest BCUT2D eigenvalue weighted by Gasteiger charge is 2.14. The Morgan fingerprint density at radius 2 is 1.62 bits per heavy atom. The maximum atomic E-state index is 12.1. The summed E-state index contributed by atoms with van der Waals surface area (Å²) in [4.78, 5) is 46.1. The maximum absolute atomic E-state index is 12.1. The van der Waals surface area contributed by atoms with Gasteiger partial charge in [0.25, 0.3) is 11.6 Å². The highest BCUT2D eigenvalue weighted by atomic mass is 16.6. The number of hydrogen-bond donors (Lipinski definition) is 1. The summed E-state index contributed by atoms with van der Waals surface area (Å²) in [5.41, 5.74) is 0.694. The first-order chi connectivity index (χ1) is 13.9. The molecule has 9 nitrogen and oxygen atoms in total. The number of carbonyl (C=O) groups excluding carboxylic acids is 3. The lowest BCUT2D eigenvalue weighted by atomic mass is 10.1. The van der Waals surface area contributed by atoms with E-state index in [1.54, 1.807) is 6.07 Å². The number of non-ortho nitro benzene ring substituents is 1. The molecular weight excluding hydrogens is 380 g/mol. The average molecular weight is 394 g/mol. The van der Waals surface area contributed by atoms with Crippen LogP contribution in [0.4, 0.5) is 11.4 Å². The van der Waals surface area contributed by atoms with Gasteiger partial charge in [-0.3, -0.25) is 19.7 Å². The fraction of sp³-hybridized carbons (Fsp3) is 0.0500. The van der Waals surface area contributed by atoms with Crippen LogP contribution in [0.3, 0.4) is 0 Å². The van der Waals surface area contributed by atoms with E-state index in [-0.39, 0.29) is 22.6 Å². The maximum Gasteiger partial charge on any atom is 0.338 e. The standard InChI is InChI=1S/C20H14N2O7/c23-17(13-5-9-16(10-6-13)22(26)27)12-29-20(25)14-3-7-15(8-4-14)21-19(24)18-2-1-11-28-18/h1-11H,12H2,(H,21,24). The molecule has 9 heteroatoms. The van der Waals surface area contributed by atoms with Crippen LogP contribution in [0.5, 0.6) is 0 Å². The van der Waals surface area contributed by atoms with Crippen LogP contribution in [0, 0.1) is 10.1 Å². The van der Waals surface area contributed by atoms with Crippen LogP contribution < -0.4 is 5.32 Å². The lowest BCUT2D eigenvalue weighted by molar-refractivity contribution is -0.384. The molecule has 29 heavy (non-hydrogen) atoms. The molecular formula is C20H14N2O7. The summed E-state index contributed by atoms with van der Waals surface area (Å²) in [5, 5.41) is 13.2. The molecule has 146 valence electrons. The number of Topliss-reactive ketones (excluding diaryl/α,β-unsaturated/α-hetero) is 1. The first kappa shape index (κ1) is 19.5. The average Bonchev–Trinajstić information content (AvgIpc) is 3.27. The highest BCUT2D eigenvalue weighted by molar-refractivity contribution is 6.02. The molecule has 0 fully saturated rings. The largest absolute Gasteiger partial charge is 0.459 e. The van der Waals surface area contributed by atoms with Gasteiger partial charge in [-0.1, -0.05) is 0 Å². The monoisotopic (exact) mass is 394 g/mol. The molecule has 0 aliphatic heterocycles. The molecule has 3 rings (SSSR count). The zero-order valence-corrected chi connectivity index (χ0v) is 14.9. The number of ketones is 1. The van der Waals surface area contributed by atoms with Gasteiger partial charge in [-0.05, 0) is 48.5 Å². The van der Waals surface area contributed by atoms with Crippen LogP contribution in [0.2, 0.25) is 0 Å². The summed E-state index contributed by atoms with van der Waals surface area (Å²) in [6.07, 6.45) is 1.38. The Morgan fingerprint density at radius 1 is 0.966 bits per heavy atom. The number of nitro benzene ring substituents is 1. The third-order valence-corrected chi connectivity index (χ3v) is 3.86. The Labute approximate surface area is 164 Å². The lowest BCUT2D eigenvalue weighted by Crippen LogP contribution is -2.14. The number of hydrogen-bond acceptors (Lipinski definition) is 7. The smallest absolute Gasteiger partial charge is 0.338 e. The first-order valence-corrected chi connectivity index (χ1v) is 8.34. The van der Waals surface area contributed by atoms with E-state index in [1.807, 2.05) is 0 Å². The van der Waals surface area contributed by atoms with Gasteiger partial charge in [0.1, 0.15) is 0 Å². The summed E-state index contributed by atoms with van der Waals surface area (Å²) in [7, 11) is 0. The second-order valence-electron chi connectivity index (χ2n) is 5.81. The van der Waals surface area contributed by atoms with Crippen LogP contribution in [0.1, 0.15) is 31.3 Å². The van der Waals surface area contributed by atoms with Gasteiger partial charge < -0.3 is 14.5 Å². The number of esters is 1. The zero-order chi connectivity index (χ0) is 20.8. The molecule has 1 amide bonds. The number of nitrogens with zero attached hydrogens (tertiary/aromatic N) is 1. The van der Waals surface area contributed by atoms with Crippen LogP contribution in [-0.4, -0.2) is 29.2 Å². The van der Waals surface area contributed by atoms with Gasteiger partial charge in [-0.25, -0.2) is 4.79 Å². The van der Waals surface area contributed by atoms with Gasteiger partial charge in [0, 0.05) is 23.4 Å². The number of benzene rings is 2. The second-order valence-corrected chi connectivity index (χ2v) is 5.81. The molecule has 1 aromatic heterocycles. The fourth-order valence-corrected chi connectivity index (χ4v) is 2.36. The van der Waals surface area contributed by atoms with Crippen molar-refractivity contribution >= 4 is 29.0 Å². The highest BCUT2D eigenvalue weighted by Crippen LogP contribution is 2.14. The number of anilines is 1. The van der Waals surface area contributed by atoms with Crippen LogP contribution in [0.15, 0.2) is 71.3 Å². The van der Waals surface area contributed by atoms with Crippen molar-refractivity contribution in [2.75, 3.05) is 11.9 Å². The van der Waals surface area contributed by atoms with Crippen LogP contribution in [0.25, 0.3) is 0 Å². The molecule has 2 aromatic carbocycles. The topological polar surface area (TPSA) is 129 Å². The first-order valence-electron chi connectivity index (χ1n) is 8.34. The molecule has 0 spiro atoms. The van der Waals surface area contributed by atoms with Gasteiger partial charge in [0.15, 0.2) is 18.2 Å². The number of amides is 1. The minimum atomic E-state index is -0.718. The molecule has 1 heterocycles. The van der Waals surface area contributed by atoms with E-state index in [4.69, 9.17) is 9.15 Å². The number of ether oxygens (including phenoxy) is 1. The normalized spacial score (nSPS) is 10.2. The Balaban J connectivity index is 1.54. The number of carbonyl (C=O) groups is 3. The van der Waals surface area contributed by atoms with Gasteiger partial charge in [-0.2, -0.15) is 0 Å². The van der Waals surface area contributed by atoms with Gasteiger partial charge >= 0.3 is 5.97 Å². The van der Waals surface area contributed by atoms with Crippen molar-refractivity contribution < 1.29 is 28.5 Å². The van der Waals surface area contributed by atoms with Crippen molar-refractivity contribution in [3.8, 4) is 0 Å². The zero-order valence-electron chi connectivity index (χ0n) is 14.9. The molecule has 0 saturated carbocycles. The fourth-order valence-electron chi connectivity index (χ4n) is 2.36. The van der Waals surface area contributed by atoms with E-state index in [0.29, 0.717) is 5.69 Å². The number of rotatable bonds is 7. The van der Waals surface area contributed by atoms with Crippen molar-refractivity contribution in [3.05, 3.63) is 93.9 Å². The van der Waals surface area contributed by atoms with Crippen molar-refractivity contribution in [2.24, 2.45) is 0 Å². The third kappa shape index (κ3) is 4.92. The van der Waals surface area contributed by atoms with Crippen molar-refractivity contribution in [2.45, 2.75) is 0 Å². The van der Waals surface area contributed by atoms with Crippen molar-refractivity contribution in [1.82, 2.24) is 0 Å². The van der Waals surface area contributed by atoms with Crippen LogP contribution in [-0.2, 0) is 4.74 Å². The minimum Gasteiger partial charge on any atom is -0.459 e. The van der Waals surface area contributed by atoms with E-state index >= 15 is 0 Å². The molecule has 0 aliphatic rings. The van der Waals surface area contributed by atoms with Crippen molar-refractivity contribution in [1.29, 1.82) is 0 Å². The van der Waals surface area contributed by atoms with Gasteiger partial charge in [-0.15, -0.1) is 0 Å². The van der Waals surface area contributed by atoms with Crippen molar-refractivity contribution in [3.63, 3.8) is 0 Å². The van der Waals surface area contributed by atoms with E-state index in [1.165, 1.54) is 60.9 Å². The quantitative estimate of drug-likeness (QED) is 0.281. The predicted octanol–water partition coefficient (Wildman–Crippen LogP) is 3.48. The Bertz CT molecular complexity index is 1040. The Hall–Kier alpha value is -4.27. The number of furan rings is 1. The second kappa shape index (κ2) is 8.61. The van der Waals surface area contributed by atoms with Gasteiger partial charge in [0.05, 0.1) is 16.7 Å². The van der Waals surface area contributed by atoms with Gasteiger partial charge in [0.2, 0.25) is 0 Å². The summed E-state index contributed by atoms with van der Waals surface area (Å²) >= 11 is 0. The minimum absolute atomic E-state index is 0.141. The van der Waals surface area contributed by atoms with E-state index in [0.717, 1.165) is 0 Å². The number of nitrogens with one attached hydrogen (secondary N) is 1. The summed E-state index contributed by atoms with van der Waals surface area (Å²) in [5.74, 6) is -1.49. The van der Waals surface area contributed by atoms with Crippen LogP contribution >= 0.6 is 0 Å². The summed E-state index contributed by atoms with van der Waals surface area (Å²) < 4.78 is 9.96. The molecule has 0 atom stereocenters. The number of nitro groups is 1. The van der Waals surface area contributed by atoms with E-state index in [9.17, 15) is 24.5 Å². The molecule has 0 unspecified atom stereocenters. The van der Waals surface area contributed by atoms with E-state index < -0.39 is 29.2 Å². The molecule has 0 saturated heterocycles. The lowest BCUT2D eigenvalue weighted by Gasteiger charge is -2.06. The third-order valence-electron chi connectivity index (χ3n) is 3.86. The molecule has 0 radical (unpaired) electrons. The molecule has 3 aromatic rings.